The van der Waals surface area contributed by atoms with Gasteiger partial charge >= 0.3 is 0 Å². The van der Waals surface area contributed by atoms with Crippen molar-refractivity contribution in [1.29, 1.82) is 0 Å². The molecule has 0 radical (unpaired) electrons. The number of amides is 1. The maximum atomic E-state index is 11.8. The molecule has 0 heterocycles. The molecule has 0 aliphatic rings. The van der Waals surface area contributed by atoms with E-state index in [9.17, 15) is 4.79 Å². The first-order valence-corrected chi connectivity index (χ1v) is 8.45. The molecule has 0 unspecified atom stereocenters. The summed E-state index contributed by atoms with van der Waals surface area (Å²) < 4.78 is 5.30. The molecule has 0 fully saturated rings. The number of methoxy groups -OCH3 is 1. The second-order valence-electron chi connectivity index (χ2n) is 4.89. The zero-order valence-corrected chi connectivity index (χ0v) is 13.6. The van der Waals surface area contributed by atoms with Crippen LogP contribution in [0.15, 0.2) is 54.6 Å². The third-order valence-electron chi connectivity index (χ3n) is 3.25. The summed E-state index contributed by atoms with van der Waals surface area (Å²) in [7, 11) is 1.66. The van der Waals surface area contributed by atoms with Crippen LogP contribution in [0.2, 0.25) is 0 Å². The van der Waals surface area contributed by atoms with E-state index in [0.717, 1.165) is 23.5 Å². The minimum atomic E-state index is 0.0795. The predicted molar refractivity (Wildman–Crippen MR) is 92.3 cm³/mol. The van der Waals surface area contributed by atoms with E-state index in [1.807, 2.05) is 42.5 Å². The van der Waals surface area contributed by atoms with Crippen LogP contribution in [0, 0.1) is 0 Å². The highest BCUT2D eigenvalue weighted by Gasteiger charge is 2.04. The second kappa shape index (κ2) is 9.15. The molecular weight excluding hydrogens is 294 g/mol. The molecule has 2 aromatic carbocycles. The zero-order valence-electron chi connectivity index (χ0n) is 12.7. The normalized spacial score (nSPS) is 10.2. The van der Waals surface area contributed by atoms with Gasteiger partial charge in [-0.25, -0.2) is 0 Å². The van der Waals surface area contributed by atoms with Gasteiger partial charge in [0.2, 0.25) is 5.91 Å². The van der Waals surface area contributed by atoms with E-state index in [1.165, 1.54) is 5.56 Å². The molecular formula is C18H21NO2S. The van der Waals surface area contributed by atoms with E-state index < -0.39 is 0 Å². The van der Waals surface area contributed by atoms with Crippen molar-refractivity contribution < 1.29 is 9.53 Å². The molecule has 0 saturated carbocycles. The number of thioether (sulfide) groups is 1. The van der Waals surface area contributed by atoms with Gasteiger partial charge in [-0.1, -0.05) is 48.5 Å². The summed E-state index contributed by atoms with van der Waals surface area (Å²) in [6.45, 7) is 0.630. The number of ether oxygens (including phenoxy) is 1. The number of hydrogen-bond acceptors (Lipinski definition) is 3. The van der Waals surface area contributed by atoms with Gasteiger partial charge in [0.15, 0.2) is 0 Å². The Kier molecular flexibility index (Phi) is 6.84. The summed E-state index contributed by atoms with van der Waals surface area (Å²) in [5.41, 5.74) is 2.36. The summed E-state index contributed by atoms with van der Waals surface area (Å²) >= 11 is 1.63. The number of rotatable bonds is 8. The molecule has 116 valence electrons. The maximum Gasteiger partial charge on any atom is 0.230 e. The fraction of sp³-hybridized carbons (Fsp3) is 0.278. The van der Waals surface area contributed by atoms with Crippen LogP contribution in [0.5, 0.6) is 5.75 Å². The van der Waals surface area contributed by atoms with E-state index in [2.05, 4.69) is 17.4 Å². The van der Waals surface area contributed by atoms with Gasteiger partial charge in [0.05, 0.1) is 12.9 Å². The van der Waals surface area contributed by atoms with E-state index >= 15 is 0 Å². The third kappa shape index (κ3) is 5.45. The lowest BCUT2D eigenvalue weighted by molar-refractivity contribution is -0.118. The molecule has 22 heavy (non-hydrogen) atoms. The number of hydrogen-bond donors (Lipinski definition) is 1. The van der Waals surface area contributed by atoms with Crippen molar-refractivity contribution in [3.05, 3.63) is 65.7 Å². The molecule has 0 spiro atoms. The molecule has 3 nitrogen and oxygen atoms in total. The average Bonchev–Trinajstić information content (AvgIpc) is 2.56. The third-order valence-corrected chi connectivity index (χ3v) is 4.26. The number of nitrogens with one attached hydrogen (secondary N) is 1. The summed E-state index contributed by atoms with van der Waals surface area (Å²) in [6.07, 6.45) is 0.777. The first-order chi connectivity index (χ1) is 10.8. The molecule has 0 aliphatic heterocycles. The van der Waals surface area contributed by atoms with Gasteiger partial charge in [0.1, 0.15) is 5.75 Å². The van der Waals surface area contributed by atoms with Crippen LogP contribution >= 0.6 is 11.8 Å². The molecule has 0 bridgehead atoms. The number of carbonyl (C=O) groups is 1. The minimum Gasteiger partial charge on any atom is -0.496 e. The molecule has 0 aliphatic carbocycles. The van der Waals surface area contributed by atoms with Gasteiger partial charge in [-0.15, -0.1) is 11.8 Å². The highest BCUT2D eigenvalue weighted by molar-refractivity contribution is 7.99. The Hall–Kier alpha value is -1.94. The topological polar surface area (TPSA) is 38.3 Å². The lowest BCUT2D eigenvalue weighted by atomic mass is 10.1. The SMILES string of the molecule is COc1ccccc1CCNC(=O)CSCc1ccccc1. The van der Waals surface area contributed by atoms with E-state index in [0.29, 0.717) is 12.3 Å². The molecule has 4 heteroatoms. The molecule has 2 aromatic rings. The highest BCUT2D eigenvalue weighted by atomic mass is 32.2. The van der Waals surface area contributed by atoms with E-state index in [4.69, 9.17) is 4.74 Å². The van der Waals surface area contributed by atoms with Gasteiger partial charge in [-0.05, 0) is 23.6 Å². The van der Waals surface area contributed by atoms with Crippen LogP contribution < -0.4 is 10.1 Å². The lowest BCUT2D eigenvalue weighted by Crippen LogP contribution is -2.27. The van der Waals surface area contributed by atoms with Crippen LogP contribution in [0.3, 0.4) is 0 Å². The van der Waals surface area contributed by atoms with Crippen molar-refractivity contribution in [3.63, 3.8) is 0 Å². The van der Waals surface area contributed by atoms with Crippen LogP contribution in [0.25, 0.3) is 0 Å². The Morgan fingerprint density at radius 2 is 1.82 bits per heavy atom. The number of para-hydroxylation sites is 1. The van der Waals surface area contributed by atoms with E-state index in [-0.39, 0.29) is 5.91 Å². The molecule has 2 rings (SSSR count). The van der Waals surface area contributed by atoms with Crippen LogP contribution in [0.4, 0.5) is 0 Å². The second-order valence-corrected chi connectivity index (χ2v) is 5.88. The highest BCUT2D eigenvalue weighted by Crippen LogP contribution is 2.17. The van der Waals surface area contributed by atoms with Crippen molar-refractivity contribution in [1.82, 2.24) is 5.32 Å². The smallest absolute Gasteiger partial charge is 0.230 e. The Balaban J connectivity index is 1.65. The Bertz CT molecular complexity index is 587. The molecule has 1 N–H and O–H groups in total. The quantitative estimate of drug-likeness (QED) is 0.812. The zero-order chi connectivity index (χ0) is 15.6. The maximum absolute atomic E-state index is 11.8. The summed E-state index contributed by atoms with van der Waals surface area (Å²) in [5, 5.41) is 2.95. The summed E-state index contributed by atoms with van der Waals surface area (Å²) in [5.74, 6) is 2.30. The van der Waals surface area contributed by atoms with E-state index in [1.54, 1.807) is 18.9 Å². The standard InChI is InChI=1S/C18H21NO2S/c1-21-17-10-6-5-9-16(17)11-12-19-18(20)14-22-13-15-7-3-2-4-8-15/h2-10H,11-14H2,1H3,(H,19,20). The fourth-order valence-electron chi connectivity index (χ4n) is 2.13. The molecule has 1 amide bonds. The largest absolute Gasteiger partial charge is 0.496 e. The average molecular weight is 315 g/mol. The van der Waals surface area contributed by atoms with Crippen molar-refractivity contribution in [2.45, 2.75) is 12.2 Å². The number of carbonyl (C=O) groups excluding carboxylic acids is 1. The van der Waals surface area contributed by atoms with Crippen molar-refractivity contribution in [2.75, 3.05) is 19.4 Å². The van der Waals surface area contributed by atoms with Crippen molar-refractivity contribution in [3.8, 4) is 5.75 Å². The number of benzene rings is 2. The Morgan fingerprint density at radius 1 is 1.09 bits per heavy atom. The van der Waals surface area contributed by atoms with Gasteiger partial charge in [-0.2, -0.15) is 0 Å². The first kappa shape index (κ1) is 16.4. The van der Waals surface area contributed by atoms with Crippen molar-refractivity contribution >= 4 is 17.7 Å². The van der Waals surface area contributed by atoms with Gasteiger partial charge in [0, 0.05) is 12.3 Å². The monoisotopic (exact) mass is 315 g/mol. The summed E-state index contributed by atoms with van der Waals surface area (Å²) in [6, 6.07) is 18.1. The lowest BCUT2D eigenvalue weighted by Gasteiger charge is -2.09. The van der Waals surface area contributed by atoms with Gasteiger partial charge < -0.3 is 10.1 Å². The predicted octanol–water partition coefficient (Wildman–Crippen LogP) is 3.29. The Morgan fingerprint density at radius 3 is 2.59 bits per heavy atom. The first-order valence-electron chi connectivity index (χ1n) is 7.30. The van der Waals surface area contributed by atoms with Crippen LogP contribution in [-0.4, -0.2) is 25.3 Å². The fourth-order valence-corrected chi connectivity index (χ4v) is 2.95. The summed E-state index contributed by atoms with van der Waals surface area (Å²) in [4.78, 5) is 11.8. The van der Waals surface area contributed by atoms with Gasteiger partial charge in [0.25, 0.3) is 0 Å². The molecule has 0 atom stereocenters. The molecule has 0 saturated heterocycles. The van der Waals surface area contributed by atoms with Crippen LogP contribution in [-0.2, 0) is 17.0 Å². The Labute approximate surface area is 136 Å². The van der Waals surface area contributed by atoms with Gasteiger partial charge in [-0.3, -0.25) is 4.79 Å². The van der Waals surface area contributed by atoms with Crippen LogP contribution in [0.1, 0.15) is 11.1 Å². The minimum absolute atomic E-state index is 0.0795. The van der Waals surface area contributed by atoms with Crippen molar-refractivity contribution in [2.24, 2.45) is 0 Å². The molecule has 0 aromatic heterocycles.